The number of benzene rings is 7. The van der Waals surface area contributed by atoms with E-state index < -0.39 is 5.66 Å². The Morgan fingerprint density at radius 2 is 0.848 bits per heavy atom. The van der Waals surface area contributed by atoms with Crippen molar-refractivity contribution in [2.45, 2.75) is 12.1 Å². The second kappa shape index (κ2) is 11.9. The highest BCUT2D eigenvalue weighted by Gasteiger charge is 2.44. The summed E-state index contributed by atoms with van der Waals surface area (Å²) in [6.07, 6.45) is 7.90. The van der Waals surface area contributed by atoms with Crippen LogP contribution in [-0.2, 0) is 0 Å². The summed E-state index contributed by atoms with van der Waals surface area (Å²) in [6.45, 7) is 0. The topological polar surface area (TPSA) is 6.48 Å². The van der Waals surface area contributed by atoms with Crippen LogP contribution in [0.1, 0.15) is 12.0 Å². The van der Waals surface area contributed by atoms with E-state index in [1.807, 2.05) is 0 Å². The Labute approximate surface area is 270 Å². The molecule has 2 nitrogen and oxygen atoms in total. The minimum atomic E-state index is -0.658. The molecule has 7 aromatic rings. The number of nitrogens with zero attached hydrogens (tertiary/aromatic N) is 2. The molecule has 7 aromatic carbocycles. The standard InChI is InChI=1S/C44H34N2/c1-4-16-34(17-5-1)35-30-32-44(33-31-35,45(38-22-6-2-7-23-38)42-28-14-20-36-18-10-12-26-40(36)42)46(39-24-8-3-9-25-39)43-29-15-21-37-19-11-13-27-41(37)43/h1-32H,33H2. The lowest BCUT2D eigenvalue weighted by atomic mass is 9.87. The maximum Gasteiger partial charge on any atom is 0.145 e. The van der Waals surface area contributed by atoms with Gasteiger partial charge in [0.2, 0.25) is 0 Å². The lowest BCUT2D eigenvalue weighted by Crippen LogP contribution is -2.57. The summed E-state index contributed by atoms with van der Waals surface area (Å²) >= 11 is 0. The highest BCUT2D eigenvalue weighted by Crippen LogP contribution is 2.49. The monoisotopic (exact) mass is 590 g/mol. The molecule has 0 heterocycles. The zero-order valence-corrected chi connectivity index (χ0v) is 25.6. The highest BCUT2D eigenvalue weighted by atomic mass is 15.4. The Kier molecular flexibility index (Phi) is 7.16. The highest BCUT2D eigenvalue weighted by molar-refractivity contribution is 6.00. The summed E-state index contributed by atoms with van der Waals surface area (Å²) in [5, 5.41) is 4.86. The molecule has 0 N–H and O–H groups in total. The van der Waals surface area contributed by atoms with E-state index in [9.17, 15) is 0 Å². The molecular formula is C44H34N2. The zero-order chi connectivity index (χ0) is 30.8. The Morgan fingerprint density at radius 1 is 0.413 bits per heavy atom. The molecule has 220 valence electrons. The summed E-state index contributed by atoms with van der Waals surface area (Å²) in [5.74, 6) is 0. The Morgan fingerprint density at radius 3 is 1.33 bits per heavy atom. The van der Waals surface area contributed by atoms with Gasteiger partial charge in [0.1, 0.15) is 5.66 Å². The molecule has 46 heavy (non-hydrogen) atoms. The number of fused-ring (bicyclic) bond motifs is 2. The van der Waals surface area contributed by atoms with E-state index in [2.05, 4.69) is 204 Å². The minimum absolute atomic E-state index is 0.658. The first-order chi connectivity index (χ1) is 22.8. The third-order valence-electron chi connectivity index (χ3n) is 9.08. The van der Waals surface area contributed by atoms with Gasteiger partial charge in [-0.1, -0.05) is 152 Å². The van der Waals surface area contributed by atoms with Crippen LogP contribution in [0.3, 0.4) is 0 Å². The smallest absolute Gasteiger partial charge is 0.145 e. The zero-order valence-electron chi connectivity index (χ0n) is 25.6. The fourth-order valence-corrected chi connectivity index (χ4v) is 7.00. The van der Waals surface area contributed by atoms with Crippen molar-refractivity contribution in [3.63, 3.8) is 0 Å². The Bertz CT molecular complexity index is 2050. The van der Waals surface area contributed by atoms with Gasteiger partial charge in [0, 0.05) is 28.6 Å². The molecule has 1 aliphatic rings. The van der Waals surface area contributed by atoms with Gasteiger partial charge in [-0.2, -0.15) is 0 Å². The third kappa shape index (κ3) is 4.85. The van der Waals surface area contributed by atoms with Crippen molar-refractivity contribution in [3.05, 3.63) is 200 Å². The predicted molar refractivity (Wildman–Crippen MR) is 196 cm³/mol. The third-order valence-corrected chi connectivity index (χ3v) is 9.08. The van der Waals surface area contributed by atoms with Crippen LogP contribution >= 0.6 is 0 Å². The van der Waals surface area contributed by atoms with Crippen molar-refractivity contribution >= 4 is 49.9 Å². The second-order valence-corrected chi connectivity index (χ2v) is 11.8. The second-order valence-electron chi connectivity index (χ2n) is 11.8. The van der Waals surface area contributed by atoms with E-state index >= 15 is 0 Å². The van der Waals surface area contributed by atoms with E-state index in [1.54, 1.807) is 0 Å². The maximum absolute atomic E-state index is 2.55. The number of anilines is 4. The average molecular weight is 591 g/mol. The summed E-state index contributed by atoms with van der Waals surface area (Å²) in [6, 6.07) is 63.2. The van der Waals surface area contributed by atoms with Gasteiger partial charge in [-0.15, -0.1) is 0 Å². The van der Waals surface area contributed by atoms with Gasteiger partial charge >= 0.3 is 0 Å². The lowest BCUT2D eigenvalue weighted by molar-refractivity contribution is 0.528. The van der Waals surface area contributed by atoms with Gasteiger partial charge in [-0.25, -0.2) is 0 Å². The number of para-hydroxylation sites is 2. The quantitative estimate of drug-likeness (QED) is 0.170. The van der Waals surface area contributed by atoms with Gasteiger partial charge in [-0.3, -0.25) is 0 Å². The molecule has 0 aliphatic heterocycles. The molecule has 0 radical (unpaired) electrons. The molecule has 0 fully saturated rings. The molecule has 0 atom stereocenters. The molecule has 2 heteroatoms. The van der Waals surface area contributed by atoms with Crippen molar-refractivity contribution in [2.75, 3.05) is 9.80 Å². The van der Waals surface area contributed by atoms with Crippen LogP contribution in [0.5, 0.6) is 0 Å². The van der Waals surface area contributed by atoms with Crippen molar-refractivity contribution in [3.8, 4) is 0 Å². The Balaban J connectivity index is 1.46. The first-order valence-corrected chi connectivity index (χ1v) is 15.9. The summed E-state index contributed by atoms with van der Waals surface area (Å²) < 4.78 is 0. The SMILES string of the molecule is C1=CC(N(c2ccccc2)c2cccc3ccccc23)(N(c2ccccc2)c2cccc3ccccc23)CC=C1c1ccccc1. The predicted octanol–water partition coefficient (Wildman–Crippen LogP) is 11.7. The molecule has 0 saturated heterocycles. The van der Waals surface area contributed by atoms with Gasteiger partial charge in [0.25, 0.3) is 0 Å². The molecule has 1 aliphatic carbocycles. The van der Waals surface area contributed by atoms with E-state index in [1.165, 1.54) is 32.7 Å². The number of hydrogen-bond acceptors (Lipinski definition) is 2. The Hall–Kier alpha value is -5.86. The van der Waals surface area contributed by atoms with Gasteiger partial charge in [-0.05, 0) is 64.4 Å². The van der Waals surface area contributed by atoms with Crippen LogP contribution < -0.4 is 9.80 Å². The normalized spacial score (nSPS) is 13.8. The molecule has 8 rings (SSSR count). The van der Waals surface area contributed by atoms with Crippen molar-refractivity contribution in [1.82, 2.24) is 0 Å². The van der Waals surface area contributed by atoms with E-state index in [0.29, 0.717) is 0 Å². The molecule has 0 unspecified atom stereocenters. The van der Waals surface area contributed by atoms with E-state index in [0.717, 1.165) is 29.2 Å². The summed E-state index contributed by atoms with van der Waals surface area (Å²) in [7, 11) is 0. The van der Waals surface area contributed by atoms with Crippen molar-refractivity contribution in [1.29, 1.82) is 0 Å². The van der Waals surface area contributed by atoms with Crippen molar-refractivity contribution in [2.24, 2.45) is 0 Å². The molecular weight excluding hydrogens is 556 g/mol. The first-order valence-electron chi connectivity index (χ1n) is 15.9. The van der Waals surface area contributed by atoms with Crippen LogP contribution in [0, 0.1) is 0 Å². The minimum Gasteiger partial charge on any atom is -0.313 e. The van der Waals surface area contributed by atoms with Gasteiger partial charge in [0.05, 0.1) is 11.4 Å². The average Bonchev–Trinajstić information content (AvgIpc) is 3.14. The summed E-state index contributed by atoms with van der Waals surface area (Å²) in [5.41, 5.74) is 6.36. The van der Waals surface area contributed by atoms with E-state index in [-0.39, 0.29) is 0 Å². The van der Waals surface area contributed by atoms with Crippen LogP contribution in [0.25, 0.3) is 27.1 Å². The van der Waals surface area contributed by atoms with Gasteiger partial charge < -0.3 is 9.80 Å². The fraction of sp³-hybridized carbons (Fsp3) is 0.0455. The van der Waals surface area contributed by atoms with Crippen molar-refractivity contribution < 1.29 is 0 Å². The number of allylic oxidation sites excluding steroid dienone is 2. The molecule has 0 aromatic heterocycles. The fourth-order valence-electron chi connectivity index (χ4n) is 7.00. The molecule has 0 bridgehead atoms. The molecule has 0 spiro atoms. The lowest BCUT2D eigenvalue weighted by Gasteiger charge is -2.52. The van der Waals surface area contributed by atoms with E-state index in [4.69, 9.17) is 0 Å². The maximum atomic E-state index is 2.55. The number of hydrogen-bond donors (Lipinski definition) is 0. The number of rotatable bonds is 7. The largest absolute Gasteiger partial charge is 0.313 e. The molecule has 0 amide bonds. The first kappa shape index (κ1) is 27.7. The van der Waals surface area contributed by atoms with Crippen LogP contribution in [0.4, 0.5) is 22.7 Å². The summed E-state index contributed by atoms with van der Waals surface area (Å²) in [4.78, 5) is 5.11. The van der Waals surface area contributed by atoms with Crippen LogP contribution in [0.2, 0.25) is 0 Å². The van der Waals surface area contributed by atoms with Crippen LogP contribution in [-0.4, -0.2) is 5.66 Å². The van der Waals surface area contributed by atoms with Gasteiger partial charge in [0.15, 0.2) is 0 Å². The molecule has 0 saturated carbocycles. The van der Waals surface area contributed by atoms with Crippen LogP contribution in [0.15, 0.2) is 194 Å².